The van der Waals surface area contributed by atoms with Gasteiger partial charge in [0, 0.05) is 23.6 Å². The first-order chi connectivity index (χ1) is 8.13. The van der Waals surface area contributed by atoms with Crippen LogP contribution in [0.5, 0.6) is 0 Å². The molecule has 1 amide bonds. The molecule has 0 radical (unpaired) electrons. The lowest BCUT2D eigenvalue weighted by Crippen LogP contribution is -2.18. The lowest BCUT2D eigenvalue weighted by atomic mass is 10.2. The third-order valence-electron chi connectivity index (χ3n) is 2.10. The zero-order chi connectivity index (χ0) is 12.7. The molecule has 1 aromatic rings. The highest BCUT2D eigenvalue weighted by Gasteiger charge is 2.07. The molecule has 0 aromatic carbocycles. The molecule has 0 aliphatic carbocycles. The average molecular weight is 254 g/mol. The van der Waals surface area contributed by atoms with Crippen LogP contribution in [0.15, 0.2) is 18.3 Å². The summed E-state index contributed by atoms with van der Waals surface area (Å²) in [5, 5.41) is 11.5. The van der Waals surface area contributed by atoms with E-state index in [1.54, 1.807) is 18.0 Å². The maximum atomic E-state index is 11.5. The topological polar surface area (TPSA) is 62.2 Å². The molecular weight excluding hydrogens is 236 g/mol. The Morgan fingerprint density at radius 3 is 3.00 bits per heavy atom. The Kier molecular flexibility index (Phi) is 6.00. The Bertz CT molecular complexity index is 369. The van der Waals surface area contributed by atoms with Gasteiger partial charge in [-0.3, -0.25) is 4.79 Å². The fourth-order valence-electron chi connectivity index (χ4n) is 1.16. The minimum atomic E-state index is -0.0516. The van der Waals surface area contributed by atoms with Gasteiger partial charge in [-0.2, -0.15) is 11.8 Å². The zero-order valence-electron chi connectivity index (χ0n) is 10.1. The van der Waals surface area contributed by atoms with Crippen molar-refractivity contribution >= 4 is 23.5 Å². The smallest absolute Gasteiger partial charge is 0.228 e. The van der Waals surface area contributed by atoms with Gasteiger partial charge < -0.3 is 10.4 Å². The largest absolute Gasteiger partial charge is 0.396 e. The fourth-order valence-corrected chi connectivity index (χ4v) is 1.85. The van der Waals surface area contributed by atoms with Gasteiger partial charge >= 0.3 is 0 Å². The van der Waals surface area contributed by atoms with E-state index in [4.69, 9.17) is 5.11 Å². The lowest BCUT2D eigenvalue weighted by Gasteiger charge is -2.08. The number of hydrogen-bond donors (Lipinski definition) is 2. The van der Waals surface area contributed by atoms with Crippen LogP contribution < -0.4 is 5.32 Å². The summed E-state index contributed by atoms with van der Waals surface area (Å²) in [5.41, 5.74) is 1.09. The molecule has 0 bridgehead atoms. The molecule has 5 heteroatoms. The number of nitrogens with zero attached hydrogens (tertiary/aromatic N) is 1. The predicted octanol–water partition coefficient (Wildman–Crippen LogP) is 1.90. The number of carbonyl (C=O) groups is 1. The number of carbonyl (C=O) groups excluding carboxylic acids is 1. The second-order valence-electron chi connectivity index (χ2n) is 3.97. The standard InChI is InChI=1S/C12H18N2O2S/c1-9(2)12(16)14-11-7-10(3-4-13-11)8-17-6-5-15/h3-4,7,9,15H,5-6,8H2,1-2H3,(H,13,14,16). The number of aliphatic hydroxyl groups excluding tert-OH is 1. The minimum absolute atomic E-state index is 0.0299. The van der Waals surface area contributed by atoms with Crippen molar-refractivity contribution in [2.24, 2.45) is 5.92 Å². The zero-order valence-corrected chi connectivity index (χ0v) is 11.0. The van der Waals surface area contributed by atoms with E-state index in [9.17, 15) is 4.79 Å². The van der Waals surface area contributed by atoms with E-state index in [1.165, 1.54) is 0 Å². The quantitative estimate of drug-likeness (QED) is 0.761. The molecule has 0 fully saturated rings. The van der Waals surface area contributed by atoms with E-state index in [0.717, 1.165) is 17.1 Å². The van der Waals surface area contributed by atoms with Crippen molar-refractivity contribution in [1.29, 1.82) is 0 Å². The van der Waals surface area contributed by atoms with Gasteiger partial charge in [-0.1, -0.05) is 13.8 Å². The third kappa shape index (κ3) is 5.19. The number of amides is 1. The monoisotopic (exact) mass is 254 g/mol. The first-order valence-corrected chi connectivity index (χ1v) is 6.73. The Hall–Kier alpha value is -1.07. The van der Waals surface area contributed by atoms with Gasteiger partial charge in [0.25, 0.3) is 0 Å². The number of aliphatic hydroxyl groups is 1. The summed E-state index contributed by atoms with van der Waals surface area (Å²) in [6, 6.07) is 3.78. The van der Waals surface area contributed by atoms with Gasteiger partial charge in [-0.05, 0) is 17.7 Å². The molecule has 0 saturated carbocycles. The van der Waals surface area contributed by atoms with E-state index < -0.39 is 0 Å². The summed E-state index contributed by atoms with van der Waals surface area (Å²) >= 11 is 1.65. The Morgan fingerprint density at radius 2 is 2.35 bits per heavy atom. The lowest BCUT2D eigenvalue weighted by molar-refractivity contribution is -0.118. The van der Waals surface area contributed by atoms with Crippen LogP contribution in [-0.4, -0.2) is 28.4 Å². The highest BCUT2D eigenvalue weighted by molar-refractivity contribution is 7.98. The molecular formula is C12H18N2O2S. The Labute approximate surface area is 106 Å². The number of thioether (sulfide) groups is 1. The van der Waals surface area contributed by atoms with Crippen molar-refractivity contribution in [3.8, 4) is 0 Å². The molecule has 0 spiro atoms. The summed E-state index contributed by atoms with van der Waals surface area (Å²) in [6.07, 6.45) is 1.69. The van der Waals surface area contributed by atoms with Crippen LogP contribution in [0.4, 0.5) is 5.82 Å². The number of hydrogen-bond acceptors (Lipinski definition) is 4. The van der Waals surface area contributed by atoms with E-state index >= 15 is 0 Å². The molecule has 17 heavy (non-hydrogen) atoms. The molecule has 4 nitrogen and oxygen atoms in total. The summed E-state index contributed by atoms with van der Waals surface area (Å²) in [7, 11) is 0. The van der Waals surface area contributed by atoms with Crippen LogP contribution in [0, 0.1) is 5.92 Å². The van der Waals surface area contributed by atoms with Crippen molar-refractivity contribution in [3.63, 3.8) is 0 Å². The van der Waals surface area contributed by atoms with Crippen LogP contribution >= 0.6 is 11.8 Å². The molecule has 2 N–H and O–H groups in total. The van der Waals surface area contributed by atoms with Gasteiger partial charge in [-0.25, -0.2) is 4.98 Å². The molecule has 0 atom stereocenters. The van der Waals surface area contributed by atoms with Gasteiger partial charge in [0.15, 0.2) is 0 Å². The highest BCUT2D eigenvalue weighted by Crippen LogP contribution is 2.14. The van der Waals surface area contributed by atoms with Crippen LogP contribution in [0.25, 0.3) is 0 Å². The molecule has 1 aromatic heterocycles. The maximum absolute atomic E-state index is 11.5. The van der Waals surface area contributed by atoms with Gasteiger partial charge in [-0.15, -0.1) is 0 Å². The van der Waals surface area contributed by atoms with E-state index in [-0.39, 0.29) is 18.4 Å². The summed E-state index contributed by atoms with van der Waals surface area (Å²) < 4.78 is 0. The predicted molar refractivity (Wildman–Crippen MR) is 71.0 cm³/mol. The summed E-state index contributed by atoms with van der Waals surface area (Å²) in [4.78, 5) is 15.6. The normalized spacial score (nSPS) is 10.6. The number of anilines is 1. The van der Waals surface area contributed by atoms with Gasteiger partial charge in [0.2, 0.25) is 5.91 Å². The molecule has 0 aliphatic heterocycles. The first kappa shape index (κ1) is 14.0. The highest BCUT2D eigenvalue weighted by atomic mass is 32.2. The van der Waals surface area contributed by atoms with Crippen molar-refractivity contribution in [1.82, 2.24) is 4.98 Å². The SMILES string of the molecule is CC(C)C(=O)Nc1cc(CSCCO)ccn1. The van der Waals surface area contributed by atoms with Gasteiger partial charge in [0.1, 0.15) is 5.82 Å². The van der Waals surface area contributed by atoms with E-state index in [2.05, 4.69) is 10.3 Å². The van der Waals surface area contributed by atoms with Gasteiger partial charge in [0.05, 0.1) is 6.61 Å². The second kappa shape index (κ2) is 7.29. The maximum Gasteiger partial charge on any atom is 0.228 e. The van der Waals surface area contributed by atoms with Crippen LogP contribution in [0.2, 0.25) is 0 Å². The number of aromatic nitrogens is 1. The van der Waals surface area contributed by atoms with Crippen molar-refractivity contribution in [2.45, 2.75) is 19.6 Å². The molecule has 0 unspecified atom stereocenters. The fraction of sp³-hybridized carbons (Fsp3) is 0.500. The number of pyridine rings is 1. The third-order valence-corrected chi connectivity index (χ3v) is 3.11. The number of nitrogens with one attached hydrogen (secondary N) is 1. The summed E-state index contributed by atoms with van der Waals surface area (Å²) in [5.74, 6) is 2.04. The molecule has 1 rings (SSSR count). The Balaban J connectivity index is 2.56. The average Bonchev–Trinajstić information content (AvgIpc) is 2.30. The van der Waals surface area contributed by atoms with Crippen molar-refractivity contribution in [2.75, 3.05) is 17.7 Å². The Morgan fingerprint density at radius 1 is 1.59 bits per heavy atom. The van der Waals surface area contributed by atoms with E-state index in [1.807, 2.05) is 26.0 Å². The molecule has 94 valence electrons. The first-order valence-electron chi connectivity index (χ1n) is 5.58. The number of rotatable bonds is 6. The van der Waals surface area contributed by atoms with Crippen LogP contribution in [0.3, 0.4) is 0 Å². The van der Waals surface area contributed by atoms with Crippen molar-refractivity contribution < 1.29 is 9.90 Å². The van der Waals surface area contributed by atoms with E-state index in [0.29, 0.717) is 5.82 Å². The second-order valence-corrected chi connectivity index (χ2v) is 5.07. The molecule has 0 saturated heterocycles. The molecule has 0 aliphatic rings. The minimum Gasteiger partial charge on any atom is -0.396 e. The van der Waals surface area contributed by atoms with Crippen LogP contribution in [0.1, 0.15) is 19.4 Å². The summed E-state index contributed by atoms with van der Waals surface area (Å²) in [6.45, 7) is 3.87. The van der Waals surface area contributed by atoms with Crippen LogP contribution in [-0.2, 0) is 10.5 Å². The van der Waals surface area contributed by atoms with Crippen molar-refractivity contribution in [3.05, 3.63) is 23.9 Å². The molecule has 1 heterocycles.